The predicted octanol–water partition coefficient (Wildman–Crippen LogP) is 2.16. The van der Waals surface area contributed by atoms with Crippen LogP contribution in [0.4, 0.5) is 0 Å². The standard InChI is InChI=1S/C13H18ClNO4S/c1-13(18-9-4-10-19-13)7-8-15-20(16,17)12-6-3-2-5-11(12)14/h2-3,5-6,15H,4,7-10H2,1H3. The maximum atomic E-state index is 12.1. The molecule has 1 heterocycles. The molecule has 0 unspecified atom stereocenters. The molecule has 1 N–H and O–H groups in total. The van der Waals surface area contributed by atoms with Crippen LogP contribution < -0.4 is 4.72 Å². The average molecular weight is 320 g/mol. The molecule has 1 aliphatic heterocycles. The Labute approximate surface area is 124 Å². The molecule has 1 aromatic carbocycles. The lowest BCUT2D eigenvalue weighted by Gasteiger charge is -2.33. The van der Waals surface area contributed by atoms with Crippen LogP contribution in [-0.4, -0.2) is 34.0 Å². The van der Waals surface area contributed by atoms with E-state index in [0.717, 1.165) is 6.42 Å². The third-order valence-electron chi connectivity index (χ3n) is 3.10. The predicted molar refractivity (Wildman–Crippen MR) is 76.2 cm³/mol. The maximum Gasteiger partial charge on any atom is 0.242 e. The van der Waals surface area contributed by atoms with Crippen LogP contribution in [0.3, 0.4) is 0 Å². The number of nitrogens with one attached hydrogen (secondary N) is 1. The van der Waals surface area contributed by atoms with E-state index in [9.17, 15) is 8.42 Å². The summed E-state index contributed by atoms with van der Waals surface area (Å²) in [4.78, 5) is 0.0808. The lowest BCUT2D eigenvalue weighted by molar-refractivity contribution is -0.257. The van der Waals surface area contributed by atoms with E-state index >= 15 is 0 Å². The van der Waals surface area contributed by atoms with Gasteiger partial charge in [0.05, 0.1) is 18.2 Å². The monoisotopic (exact) mass is 319 g/mol. The fourth-order valence-electron chi connectivity index (χ4n) is 1.97. The molecular formula is C13H18ClNO4S. The first-order valence-corrected chi connectivity index (χ1v) is 8.31. The van der Waals surface area contributed by atoms with Gasteiger partial charge in [-0.15, -0.1) is 0 Å². The number of halogens is 1. The fourth-order valence-corrected chi connectivity index (χ4v) is 3.52. The van der Waals surface area contributed by atoms with E-state index in [-0.39, 0.29) is 16.5 Å². The maximum absolute atomic E-state index is 12.1. The van der Waals surface area contributed by atoms with Crippen molar-refractivity contribution in [3.63, 3.8) is 0 Å². The molecule has 2 rings (SSSR count). The highest BCUT2D eigenvalue weighted by atomic mass is 35.5. The second kappa shape index (κ2) is 6.41. The van der Waals surface area contributed by atoms with Gasteiger partial charge in [-0.05, 0) is 25.5 Å². The summed E-state index contributed by atoms with van der Waals surface area (Å²) in [5.41, 5.74) is 0. The molecule has 5 nitrogen and oxygen atoms in total. The van der Waals surface area contributed by atoms with Gasteiger partial charge < -0.3 is 9.47 Å². The number of benzene rings is 1. The molecule has 20 heavy (non-hydrogen) atoms. The van der Waals surface area contributed by atoms with Crippen LogP contribution in [0.5, 0.6) is 0 Å². The Hall–Kier alpha value is -0.660. The molecule has 0 bridgehead atoms. The quantitative estimate of drug-likeness (QED) is 0.903. The minimum atomic E-state index is -3.61. The van der Waals surface area contributed by atoms with Gasteiger partial charge in [0, 0.05) is 13.0 Å². The molecule has 1 aromatic rings. The first-order chi connectivity index (χ1) is 9.43. The lowest BCUT2D eigenvalue weighted by atomic mass is 10.2. The first kappa shape index (κ1) is 15.7. The second-order valence-corrected chi connectivity index (χ2v) is 6.91. The summed E-state index contributed by atoms with van der Waals surface area (Å²) in [7, 11) is -3.61. The average Bonchev–Trinajstić information content (AvgIpc) is 2.39. The van der Waals surface area contributed by atoms with Crippen LogP contribution in [-0.2, 0) is 19.5 Å². The van der Waals surface area contributed by atoms with Crippen LogP contribution in [0.25, 0.3) is 0 Å². The smallest absolute Gasteiger partial charge is 0.242 e. The van der Waals surface area contributed by atoms with E-state index < -0.39 is 15.8 Å². The van der Waals surface area contributed by atoms with Crippen molar-refractivity contribution in [2.24, 2.45) is 0 Å². The summed E-state index contributed by atoms with van der Waals surface area (Å²) in [5, 5.41) is 0.205. The van der Waals surface area contributed by atoms with Crippen LogP contribution in [0.1, 0.15) is 19.8 Å². The van der Waals surface area contributed by atoms with Gasteiger partial charge in [-0.2, -0.15) is 0 Å². The molecule has 0 aliphatic carbocycles. The number of hydrogen-bond donors (Lipinski definition) is 1. The van der Waals surface area contributed by atoms with Gasteiger partial charge in [0.1, 0.15) is 4.90 Å². The number of rotatable bonds is 5. The molecule has 0 atom stereocenters. The van der Waals surface area contributed by atoms with Crippen molar-refractivity contribution in [1.29, 1.82) is 0 Å². The largest absolute Gasteiger partial charge is 0.350 e. The second-order valence-electron chi connectivity index (χ2n) is 4.76. The summed E-state index contributed by atoms with van der Waals surface area (Å²) in [6.07, 6.45) is 1.30. The zero-order valence-electron chi connectivity index (χ0n) is 11.3. The SMILES string of the molecule is CC1(CCNS(=O)(=O)c2ccccc2Cl)OCCCO1. The highest BCUT2D eigenvalue weighted by molar-refractivity contribution is 7.89. The van der Waals surface area contributed by atoms with Gasteiger partial charge in [-0.3, -0.25) is 0 Å². The fraction of sp³-hybridized carbons (Fsp3) is 0.538. The Morgan fingerprint density at radius 3 is 2.60 bits per heavy atom. The summed E-state index contributed by atoms with van der Waals surface area (Å²) < 4.78 is 37.8. The Balaban J connectivity index is 1.95. The molecule has 1 fully saturated rings. The Bertz CT molecular complexity index is 555. The van der Waals surface area contributed by atoms with Crippen LogP contribution >= 0.6 is 11.6 Å². The lowest BCUT2D eigenvalue weighted by Crippen LogP contribution is -2.40. The van der Waals surface area contributed by atoms with E-state index in [1.54, 1.807) is 18.2 Å². The van der Waals surface area contributed by atoms with Crippen LogP contribution in [0, 0.1) is 0 Å². The molecule has 0 saturated carbocycles. The van der Waals surface area contributed by atoms with Gasteiger partial charge in [0.25, 0.3) is 0 Å². The van der Waals surface area contributed by atoms with Crippen molar-refractivity contribution in [3.8, 4) is 0 Å². The molecule has 1 aliphatic rings. The topological polar surface area (TPSA) is 64.6 Å². The van der Waals surface area contributed by atoms with Gasteiger partial charge in [-0.25, -0.2) is 13.1 Å². The van der Waals surface area contributed by atoms with E-state index in [1.165, 1.54) is 6.07 Å². The molecule has 0 amide bonds. The number of hydrogen-bond acceptors (Lipinski definition) is 4. The van der Waals surface area contributed by atoms with Gasteiger partial charge in [0.15, 0.2) is 5.79 Å². The normalized spacial score (nSPS) is 18.9. The third kappa shape index (κ3) is 3.93. The van der Waals surface area contributed by atoms with Crippen LogP contribution in [0.15, 0.2) is 29.2 Å². The zero-order chi connectivity index (χ0) is 14.6. The molecule has 1 saturated heterocycles. The van der Waals surface area contributed by atoms with Crippen molar-refractivity contribution in [2.45, 2.75) is 30.4 Å². The molecule has 7 heteroatoms. The van der Waals surface area contributed by atoms with Crippen molar-refractivity contribution in [3.05, 3.63) is 29.3 Å². The van der Waals surface area contributed by atoms with Crippen molar-refractivity contribution in [1.82, 2.24) is 4.72 Å². The van der Waals surface area contributed by atoms with Crippen molar-refractivity contribution < 1.29 is 17.9 Å². The number of ether oxygens (including phenoxy) is 2. The molecule has 0 radical (unpaired) electrons. The Morgan fingerprint density at radius 1 is 1.30 bits per heavy atom. The third-order valence-corrected chi connectivity index (χ3v) is 5.06. The van der Waals surface area contributed by atoms with Crippen LogP contribution in [0.2, 0.25) is 5.02 Å². The minimum absolute atomic E-state index is 0.0808. The Kier molecular flexibility index (Phi) is 5.04. The van der Waals surface area contributed by atoms with Gasteiger partial charge >= 0.3 is 0 Å². The molecule has 112 valence electrons. The van der Waals surface area contributed by atoms with Gasteiger partial charge in [-0.1, -0.05) is 23.7 Å². The highest BCUT2D eigenvalue weighted by Gasteiger charge is 2.29. The van der Waals surface area contributed by atoms with Crippen molar-refractivity contribution >= 4 is 21.6 Å². The van der Waals surface area contributed by atoms with E-state index in [0.29, 0.717) is 19.6 Å². The Morgan fingerprint density at radius 2 is 1.95 bits per heavy atom. The summed E-state index contributed by atoms with van der Waals surface area (Å²) in [6, 6.07) is 6.34. The summed E-state index contributed by atoms with van der Waals surface area (Å²) in [5.74, 6) is -0.721. The summed E-state index contributed by atoms with van der Waals surface area (Å²) in [6.45, 7) is 3.31. The minimum Gasteiger partial charge on any atom is -0.350 e. The van der Waals surface area contributed by atoms with E-state index in [2.05, 4.69) is 4.72 Å². The zero-order valence-corrected chi connectivity index (χ0v) is 12.8. The molecule has 0 aromatic heterocycles. The van der Waals surface area contributed by atoms with Crippen molar-refractivity contribution in [2.75, 3.05) is 19.8 Å². The highest BCUT2D eigenvalue weighted by Crippen LogP contribution is 2.23. The van der Waals surface area contributed by atoms with E-state index in [1.807, 2.05) is 6.92 Å². The first-order valence-electron chi connectivity index (χ1n) is 6.45. The molecule has 0 spiro atoms. The number of sulfonamides is 1. The summed E-state index contributed by atoms with van der Waals surface area (Å²) >= 11 is 5.90. The van der Waals surface area contributed by atoms with Gasteiger partial charge in [0.2, 0.25) is 10.0 Å². The van der Waals surface area contributed by atoms with E-state index in [4.69, 9.17) is 21.1 Å². The molecular weight excluding hydrogens is 302 g/mol.